The zero-order valence-electron chi connectivity index (χ0n) is 10.6. The number of para-hydroxylation sites is 1. The van der Waals surface area contributed by atoms with Gasteiger partial charge in [-0.2, -0.15) is 0 Å². The van der Waals surface area contributed by atoms with Crippen molar-refractivity contribution in [1.29, 1.82) is 0 Å². The van der Waals surface area contributed by atoms with Gasteiger partial charge in [0.25, 0.3) is 0 Å². The van der Waals surface area contributed by atoms with Crippen molar-refractivity contribution in [2.24, 2.45) is 0 Å². The van der Waals surface area contributed by atoms with Crippen molar-refractivity contribution in [3.05, 3.63) is 48.3 Å². The average molecular weight is 287 g/mol. The van der Waals surface area contributed by atoms with Crippen LogP contribution in [0.5, 0.6) is 17.5 Å². The van der Waals surface area contributed by atoms with Gasteiger partial charge in [0.15, 0.2) is 5.82 Å². The van der Waals surface area contributed by atoms with Crippen LogP contribution in [-0.4, -0.2) is 30.1 Å². The number of nitrogens with zero attached hydrogens (tertiary/aromatic N) is 3. The molecule has 6 nitrogen and oxygen atoms in total. The zero-order chi connectivity index (χ0) is 15.0. The smallest absolute Gasteiger partial charge is 0.319 e. The zero-order valence-corrected chi connectivity index (χ0v) is 10.6. The van der Waals surface area contributed by atoms with Crippen LogP contribution >= 0.6 is 0 Å². The quantitative estimate of drug-likeness (QED) is 0.672. The summed E-state index contributed by atoms with van der Waals surface area (Å²) in [5.41, 5.74) is 0.242. The second-order valence-electron chi connectivity index (χ2n) is 4.31. The minimum absolute atomic E-state index is 0.0440. The molecule has 0 saturated carbocycles. The number of hydrogen-bond donors (Lipinski definition) is 3. The number of hydrogen-bond acceptors (Lipinski definition) is 5. The predicted molar refractivity (Wildman–Crippen MR) is 71.7 cm³/mol. The molecule has 0 aliphatic rings. The van der Waals surface area contributed by atoms with E-state index in [1.54, 1.807) is 6.07 Å². The fourth-order valence-electron chi connectivity index (χ4n) is 2.01. The van der Waals surface area contributed by atoms with E-state index in [0.29, 0.717) is 0 Å². The van der Waals surface area contributed by atoms with E-state index in [1.807, 2.05) is 0 Å². The standard InChI is InChI=1S/C14H10FN3O3/c15-10-3-1-2-4-11(10)18-13(16-17-14(18)21)9-6-5-8(19)7-12(9)20/h1-7,19-20H,(H,17,21). The van der Waals surface area contributed by atoms with Crippen molar-refractivity contribution in [3.63, 3.8) is 0 Å². The second-order valence-corrected chi connectivity index (χ2v) is 4.31. The Labute approximate surface area is 118 Å². The molecule has 0 spiro atoms. The minimum Gasteiger partial charge on any atom is -0.508 e. The molecule has 3 rings (SSSR count). The molecular weight excluding hydrogens is 277 g/mol. The van der Waals surface area contributed by atoms with Gasteiger partial charge in [-0.15, -0.1) is 5.10 Å². The Kier molecular flexibility index (Phi) is 2.94. The van der Waals surface area contributed by atoms with Crippen LogP contribution in [0.1, 0.15) is 0 Å². The highest BCUT2D eigenvalue weighted by Gasteiger charge is 2.19. The molecule has 3 aromatic rings. The summed E-state index contributed by atoms with van der Waals surface area (Å²) >= 11 is 0. The Balaban J connectivity index is 2.25. The normalized spacial score (nSPS) is 10.7. The second kappa shape index (κ2) is 4.78. The van der Waals surface area contributed by atoms with E-state index in [0.717, 1.165) is 10.6 Å². The maximum absolute atomic E-state index is 13.9. The topological polar surface area (TPSA) is 91.4 Å². The van der Waals surface area contributed by atoms with Crippen molar-refractivity contribution in [2.75, 3.05) is 0 Å². The molecule has 0 saturated heterocycles. The Bertz CT molecular complexity index is 817. The molecule has 0 atom stereocenters. The van der Waals surface area contributed by atoms with Gasteiger partial charge in [-0.05, 0) is 24.3 Å². The van der Waals surface area contributed by atoms with Crippen LogP contribution in [0, 0.1) is 5.82 Å². The lowest BCUT2D eigenvalue weighted by atomic mass is 10.1. The molecule has 0 radical (unpaired) electrons. The lowest BCUT2D eigenvalue weighted by Gasteiger charge is -2.09. The van der Waals surface area contributed by atoms with E-state index in [1.165, 1.54) is 30.3 Å². The highest BCUT2D eigenvalue weighted by Crippen LogP contribution is 2.34. The van der Waals surface area contributed by atoms with E-state index >= 15 is 0 Å². The molecule has 0 fully saturated rings. The highest BCUT2D eigenvalue weighted by atomic mass is 19.1. The number of rotatable bonds is 2. The van der Waals surface area contributed by atoms with E-state index in [9.17, 15) is 19.7 Å². The van der Waals surface area contributed by atoms with Gasteiger partial charge in [0, 0.05) is 6.07 Å². The van der Waals surface area contributed by atoms with Crippen LogP contribution in [0.25, 0.3) is 17.1 Å². The van der Waals surface area contributed by atoms with Crippen molar-refractivity contribution in [2.45, 2.75) is 0 Å². The van der Waals surface area contributed by atoms with Crippen LogP contribution in [0.2, 0.25) is 0 Å². The Morgan fingerprint density at radius 2 is 1.71 bits per heavy atom. The predicted octanol–water partition coefficient (Wildman–Crippen LogP) is 2.19. The van der Waals surface area contributed by atoms with Crippen molar-refractivity contribution >= 4 is 0 Å². The van der Waals surface area contributed by atoms with Crippen LogP contribution < -0.4 is 0 Å². The fourth-order valence-corrected chi connectivity index (χ4v) is 2.01. The van der Waals surface area contributed by atoms with E-state index in [-0.39, 0.29) is 28.6 Å². The SMILES string of the molecule is Oc1ccc(-c2nnc(O)n2-c2ccccc2F)c(O)c1. The van der Waals surface area contributed by atoms with Gasteiger partial charge < -0.3 is 15.3 Å². The summed E-state index contributed by atoms with van der Waals surface area (Å²) < 4.78 is 15.0. The van der Waals surface area contributed by atoms with E-state index in [4.69, 9.17) is 0 Å². The number of benzene rings is 2. The number of aromatic nitrogens is 3. The molecule has 1 heterocycles. The first-order chi connectivity index (χ1) is 10.1. The number of phenols is 2. The molecule has 0 aliphatic carbocycles. The van der Waals surface area contributed by atoms with E-state index in [2.05, 4.69) is 10.2 Å². The summed E-state index contributed by atoms with van der Waals surface area (Å²) in [6, 6.07) is 9.12. The fraction of sp³-hybridized carbons (Fsp3) is 0. The van der Waals surface area contributed by atoms with E-state index < -0.39 is 11.8 Å². The van der Waals surface area contributed by atoms with Gasteiger partial charge in [-0.3, -0.25) is 0 Å². The molecule has 0 amide bonds. The molecular formula is C14H10FN3O3. The summed E-state index contributed by atoms with van der Waals surface area (Å²) in [5.74, 6) is -0.917. The maximum Gasteiger partial charge on any atom is 0.319 e. The first-order valence-electron chi connectivity index (χ1n) is 5.99. The van der Waals surface area contributed by atoms with Crippen molar-refractivity contribution < 1.29 is 19.7 Å². The minimum atomic E-state index is -0.577. The molecule has 21 heavy (non-hydrogen) atoms. The number of aromatic hydroxyl groups is 3. The third-order valence-corrected chi connectivity index (χ3v) is 2.96. The summed E-state index contributed by atoms with van der Waals surface area (Å²) in [4.78, 5) is 0. The van der Waals surface area contributed by atoms with Gasteiger partial charge in [0.2, 0.25) is 0 Å². The van der Waals surface area contributed by atoms with Crippen LogP contribution in [0.3, 0.4) is 0 Å². The van der Waals surface area contributed by atoms with Gasteiger partial charge in [-0.25, -0.2) is 8.96 Å². The lowest BCUT2D eigenvalue weighted by molar-refractivity contribution is 0.418. The van der Waals surface area contributed by atoms with Crippen LogP contribution in [0.15, 0.2) is 42.5 Å². The molecule has 0 aliphatic heterocycles. The number of phenolic OH excluding ortho intramolecular Hbond substituents is 2. The van der Waals surface area contributed by atoms with Crippen LogP contribution in [0.4, 0.5) is 4.39 Å². The Morgan fingerprint density at radius 3 is 2.43 bits per heavy atom. The van der Waals surface area contributed by atoms with Crippen molar-refractivity contribution in [1.82, 2.24) is 14.8 Å². The van der Waals surface area contributed by atoms with Gasteiger partial charge in [0.05, 0.1) is 11.3 Å². The van der Waals surface area contributed by atoms with Gasteiger partial charge in [0.1, 0.15) is 17.3 Å². The summed E-state index contributed by atoms with van der Waals surface area (Å²) in [5, 5.41) is 36.2. The Hall–Kier alpha value is -3.09. The molecule has 1 aromatic heterocycles. The molecule has 7 heteroatoms. The molecule has 3 N–H and O–H groups in total. The first kappa shape index (κ1) is 12.9. The van der Waals surface area contributed by atoms with Gasteiger partial charge in [-0.1, -0.05) is 17.2 Å². The average Bonchev–Trinajstić information content (AvgIpc) is 2.81. The largest absolute Gasteiger partial charge is 0.508 e. The lowest BCUT2D eigenvalue weighted by Crippen LogP contribution is -2.00. The molecule has 2 aromatic carbocycles. The summed E-state index contributed by atoms with van der Waals surface area (Å²) in [7, 11) is 0. The monoisotopic (exact) mass is 287 g/mol. The molecule has 106 valence electrons. The van der Waals surface area contributed by atoms with Crippen molar-refractivity contribution in [3.8, 4) is 34.6 Å². The maximum atomic E-state index is 13.9. The Morgan fingerprint density at radius 1 is 0.952 bits per heavy atom. The number of halogens is 1. The summed E-state index contributed by atoms with van der Waals surface area (Å²) in [6.07, 6.45) is 0. The third-order valence-electron chi connectivity index (χ3n) is 2.96. The molecule has 0 bridgehead atoms. The highest BCUT2D eigenvalue weighted by molar-refractivity contribution is 5.67. The van der Waals surface area contributed by atoms with Crippen LogP contribution in [-0.2, 0) is 0 Å². The first-order valence-corrected chi connectivity index (χ1v) is 5.99. The third kappa shape index (κ3) is 2.14. The summed E-state index contributed by atoms with van der Waals surface area (Å²) in [6.45, 7) is 0. The van der Waals surface area contributed by atoms with Gasteiger partial charge >= 0.3 is 6.01 Å². The molecule has 0 unspecified atom stereocenters.